The third kappa shape index (κ3) is 2.64. The lowest BCUT2D eigenvalue weighted by molar-refractivity contribution is -0.384. The SMILES string of the molecule is COC(=O)c1ccc([N+](=O)[O-])c(N2CCC(C)C2)n1. The molecule has 19 heavy (non-hydrogen) atoms. The first-order chi connectivity index (χ1) is 9.02. The molecule has 0 aromatic carbocycles. The van der Waals surface area contributed by atoms with Gasteiger partial charge in [0.1, 0.15) is 0 Å². The van der Waals surface area contributed by atoms with Gasteiger partial charge in [-0.2, -0.15) is 0 Å². The van der Waals surface area contributed by atoms with Crippen LogP contribution in [0, 0.1) is 16.0 Å². The highest BCUT2D eigenvalue weighted by molar-refractivity contribution is 5.88. The molecule has 0 aliphatic carbocycles. The fraction of sp³-hybridized carbons (Fsp3) is 0.500. The van der Waals surface area contributed by atoms with Crippen molar-refractivity contribution in [2.75, 3.05) is 25.1 Å². The molecular formula is C12H15N3O4. The maximum atomic E-state index is 11.5. The third-order valence-corrected chi connectivity index (χ3v) is 3.17. The average molecular weight is 265 g/mol. The Morgan fingerprint density at radius 2 is 2.32 bits per heavy atom. The summed E-state index contributed by atoms with van der Waals surface area (Å²) in [6.45, 7) is 3.49. The van der Waals surface area contributed by atoms with Crippen molar-refractivity contribution < 1.29 is 14.5 Å². The van der Waals surface area contributed by atoms with Gasteiger partial charge in [0, 0.05) is 19.2 Å². The van der Waals surface area contributed by atoms with Gasteiger partial charge < -0.3 is 9.64 Å². The van der Waals surface area contributed by atoms with Crippen molar-refractivity contribution in [3.8, 4) is 0 Å². The summed E-state index contributed by atoms with van der Waals surface area (Å²) >= 11 is 0. The van der Waals surface area contributed by atoms with Gasteiger partial charge in [-0.3, -0.25) is 10.1 Å². The number of hydrogen-bond acceptors (Lipinski definition) is 6. The van der Waals surface area contributed by atoms with Crippen molar-refractivity contribution in [2.24, 2.45) is 5.92 Å². The summed E-state index contributed by atoms with van der Waals surface area (Å²) in [6, 6.07) is 2.62. The number of pyridine rings is 1. The van der Waals surface area contributed by atoms with Gasteiger partial charge in [0.25, 0.3) is 0 Å². The van der Waals surface area contributed by atoms with E-state index in [0.29, 0.717) is 19.0 Å². The number of nitrogens with zero attached hydrogens (tertiary/aromatic N) is 3. The zero-order valence-electron chi connectivity index (χ0n) is 10.8. The largest absolute Gasteiger partial charge is 0.464 e. The van der Waals surface area contributed by atoms with Crippen LogP contribution < -0.4 is 4.90 Å². The van der Waals surface area contributed by atoms with Gasteiger partial charge in [0.15, 0.2) is 5.69 Å². The number of hydrogen-bond donors (Lipinski definition) is 0. The monoisotopic (exact) mass is 265 g/mol. The quantitative estimate of drug-likeness (QED) is 0.469. The highest BCUT2D eigenvalue weighted by atomic mass is 16.6. The molecule has 1 aliphatic rings. The van der Waals surface area contributed by atoms with Crippen LogP contribution in [-0.2, 0) is 4.74 Å². The van der Waals surface area contributed by atoms with Crippen LogP contribution in [0.2, 0.25) is 0 Å². The Hall–Kier alpha value is -2.18. The van der Waals surface area contributed by atoms with E-state index < -0.39 is 10.9 Å². The molecule has 1 aliphatic heterocycles. The summed E-state index contributed by atoms with van der Waals surface area (Å²) in [4.78, 5) is 27.9. The number of rotatable bonds is 3. The van der Waals surface area contributed by atoms with Crippen molar-refractivity contribution in [2.45, 2.75) is 13.3 Å². The Morgan fingerprint density at radius 3 is 2.84 bits per heavy atom. The third-order valence-electron chi connectivity index (χ3n) is 3.17. The first-order valence-corrected chi connectivity index (χ1v) is 6.01. The summed E-state index contributed by atoms with van der Waals surface area (Å²) in [5.41, 5.74) is 0.00408. The minimum atomic E-state index is -0.594. The average Bonchev–Trinajstić information content (AvgIpc) is 2.83. The van der Waals surface area contributed by atoms with Crippen LogP contribution in [0.25, 0.3) is 0 Å². The molecule has 0 amide bonds. The lowest BCUT2D eigenvalue weighted by Crippen LogP contribution is -2.22. The van der Waals surface area contributed by atoms with E-state index in [2.05, 4.69) is 16.6 Å². The zero-order chi connectivity index (χ0) is 14.0. The lowest BCUT2D eigenvalue weighted by Gasteiger charge is -2.17. The number of aromatic nitrogens is 1. The van der Waals surface area contributed by atoms with Crippen molar-refractivity contribution in [1.82, 2.24) is 4.98 Å². The molecule has 0 radical (unpaired) electrons. The molecule has 1 saturated heterocycles. The summed E-state index contributed by atoms with van der Waals surface area (Å²) in [5.74, 6) is 0.115. The molecule has 1 fully saturated rings. The van der Waals surface area contributed by atoms with E-state index in [-0.39, 0.29) is 17.2 Å². The normalized spacial score (nSPS) is 18.4. The standard InChI is InChI=1S/C12H15N3O4/c1-8-5-6-14(7-8)11-10(15(17)18)4-3-9(13-11)12(16)19-2/h3-4,8H,5-7H2,1-2H3. The molecule has 1 aromatic rings. The van der Waals surface area contributed by atoms with E-state index in [9.17, 15) is 14.9 Å². The number of carbonyl (C=O) groups is 1. The van der Waals surface area contributed by atoms with E-state index >= 15 is 0 Å². The second-order valence-corrected chi connectivity index (χ2v) is 4.63. The highest BCUT2D eigenvalue weighted by Gasteiger charge is 2.28. The molecule has 0 saturated carbocycles. The maximum absolute atomic E-state index is 11.5. The van der Waals surface area contributed by atoms with Crippen LogP contribution in [0.3, 0.4) is 0 Å². The van der Waals surface area contributed by atoms with Gasteiger partial charge in [-0.05, 0) is 18.4 Å². The number of methoxy groups -OCH3 is 1. The zero-order valence-corrected chi connectivity index (χ0v) is 10.8. The van der Waals surface area contributed by atoms with Crippen molar-refractivity contribution >= 4 is 17.5 Å². The first kappa shape index (κ1) is 13.3. The van der Waals surface area contributed by atoms with Gasteiger partial charge in [0.2, 0.25) is 5.82 Å². The second kappa shape index (κ2) is 5.21. The number of esters is 1. The van der Waals surface area contributed by atoms with Crippen LogP contribution >= 0.6 is 0 Å². The predicted molar refractivity (Wildman–Crippen MR) is 68.2 cm³/mol. The van der Waals surface area contributed by atoms with Crippen molar-refractivity contribution in [3.63, 3.8) is 0 Å². The molecule has 0 bridgehead atoms. The maximum Gasteiger partial charge on any atom is 0.356 e. The van der Waals surface area contributed by atoms with Crippen LogP contribution in [0.5, 0.6) is 0 Å². The molecule has 1 atom stereocenters. The fourth-order valence-corrected chi connectivity index (χ4v) is 2.16. The highest BCUT2D eigenvalue weighted by Crippen LogP contribution is 2.30. The van der Waals surface area contributed by atoms with Gasteiger partial charge in [-0.15, -0.1) is 0 Å². The number of ether oxygens (including phenoxy) is 1. The molecule has 2 rings (SSSR count). The Bertz CT molecular complexity index is 518. The Morgan fingerprint density at radius 1 is 1.58 bits per heavy atom. The second-order valence-electron chi connectivity index (χ2n) is 4.63. The molecule has 2 heterocycles. The smallest absolute Gasteiger partial charge is 0.356 e. The summed E-state index contributed by atoms with van der Waals surface area (Å²) in [6.07, 6.45) is 0.960. The van der Waals surface area contributed by atoms with Crippen LogP contribution in [0.1, 0.15) is 23.8 Å². The Labute approximate surface area is 110 Å². The van der Waals surface area contributed by atoms with Crippen molar-refractivity contribution in [3.05, 3.63) is 27.9 Å². The molecule has 0 N–H and O–H groups in total. The first-order valence-electron chi connectivity index (χ1n) is 6.01. The van der Waals surface area contributed by atoms with Gasteiger partial charge in [-0.1, -0.05) is 6.92 Å². The number of nitro groups is 1. The minimum Gasteiger partial charge on any atom is -0.464 e. The molecule has 7 nitrogen and oxygen atoms in total. The molecule has 1 unspecified atom stereocenters. The Balaban J connectivity index is 2.42. The fourth-order valence-electron chi connectivity index (χ4n) is 2.16. The molecule has 1 aromatic heterocycles. The van der Waals surface area contributed by atoms with E-state index in [1.165, 1.54) is 19.2 Å². The predicted octanol–water partition coefficient (Wildman–Crippen LogP) is 1.62. The Kier molecular flexibility index (Phi) is 3.64. The summed E-state index contributed by atoms with van der Waals surface area (Å²) < 4.78 is 4.59. The minimum absolute atomic E-state index is 0.0817. The van der Waals surface area contributed by atoms with E-state index in [4.69, 9.17) is 0 Å². The van der Waals surface area contributed by atoms with E-state index in [0.717, 1.165) is 6.42 Å². The summed E-state index contributed by atoms with van der Waals surface area (Å²) in [7, 11) is 1.25. The van der Waals surface area contributed by atoms with E-state index in [1.54, 1.807) is 0 Å². The van der Waals surface area contributed by atoms with Crippen molar-refractivity contribution in [1.29, 1.82) is 0 Å². The van der Waals surface area contributed by atoms with Gasteiger partial charge in [-0.25, -0.2) is 9.78 Å². The molecular weight excluding hydrogens is 250 g/mol. The summed E-state index contributed by atoms with van der Waals surface area (Å²) in [5, 5.41) is 11.0. The number of carbonyl (C=O) groups excluding carboxylic acids is 1. The van der Waals surface area contributed by atoms with Gasteiger partial charge in [0.05, 0.1) is 12.0 Å². The molecule has 0 spiro atoms. The van der Waals surface area contributed by atoms with Crippen LogP contribution in [-0.4, -0.2) is 36.1 Å². The molecule has 7 heteroatoms. The number of anilines is 1. The van der Waals surface area contributed by atoms with Crippen LogP contribution in [0.15, 0.2) is 12.1 Å². The van der Waals surface area contributed by atoms with Crippen LogP contribution in [0.4, 0.5) is 11.5 Å². The van der Waals surface area contributed by atoms with E-state index in [1.807, 2.05) is 4.90 Å². The van der Waals surface area contributed by atoms with Gasteiger partial charge >= 0.3 is 11.7 Å². The topological polar surface area (TPSA) is 85.6 Å². The lowest BCUT2D eigenvalue weighted by atomic mass is 10.2. The molecule has 102 valence electrons.